The number of rotatable bonds is 14. The molecule has 3 rings (SSSR count). The first kappa shape index (κ1) is 32.0. The summed E-state index contributed by atoms with van der Waals surface area (Å²) >= 11 is 6.09. The normalized spacial score (nSPS) is 11.9. The predicted molar refractivity (Wildman–Crippen MR) is 163 cm³/mol. The molecule has 8 nitrogen and oxygen atoms in total. The van der Waals surface area contributed by atoms with Crippen molar-refractivity contribution in [3.05, 3.63) is 88.9 Å². The minimum Gasteiger partial charge on any atom is -0.497 e. The van der Waals surface area contributed by atoms with Crippen molar-refractivity contribution < 1.29 is 22.7 Å². The minimum atomic E-state index is -4.14. The Morgan fingerprint density at radius 3 is 2.29 bits per heavy atom. The third kappa shape index (κ3) is 8.47. The van der Waals surface area contributed by atoms with Gasteiger partial charge in [0.15, 0.2) is 0 Å². The van der Waals surface area contributed by atoms with Crippen LogP contribution in [-0.4, -0.2) is 51.4 Å². The first-order valence-corrected chi connectivity index (χ1v) is 15.5. The Labute approximate surface area is 248 Å². The summed E-state index contributed by atoms with van der Waals surface area (Å²) in [6.07, 6.45) is 2.07. The molecule has 0 aliphatic heterocycles. The maximum Gasteiger partial charge on any atom is 0.264 e. The summed E-state index contributed by atoms with van der Waals surface area (Å²) < 4.78 is 34.2. The number of amides is 2. The number of benzene rings is 3. The molecule has 3 aromatic rings. The van der Waals surface area contributed by atoms with Gasteiger partial charge in [0.1, 0.15) is 18.3 Å². The molecule has 41 heavy (non-hydrogen) atoms. The molecule has 0 radical (unpaired) electrons. The van der Waals surface area contributed by atoms with Crippen LogP contribution in [0.2, 0.25) is 5.02 Å². The van der Waals surface area contributed by atoms with Crippen molar-refractivity contribution in [1.29, 1.82) is 0 Å². The van der Waals surface area contributed by atoms with Crippen LogP contribution in [0.25, 0.3) is 0 Å². The van der Waals surface area contributed by atoms with E-state index in [0.29, 0.717) is 23.7 Å². The molecule has 0 saturated heterocycles. The smallest absolute Gasteiger partial charge is 0.264 e. The highest BCUT2D eigenvalue weighted by atomic mass is 35.5. The van der Waals surface area contributed by atoms with Crippen LogP contribution >= 0.6 is 11.6 Å². The van der Waals surface area contributed by atoms with E-state index in [2.05, 4.69) is 5.32 Å². The van der Waals surface area contributed by atoms with E-state index in [1.54, 1.807) is 61.7 Å². The summed E-state index contributed by atoms with van der Waals surface area (Å²) in [5, 5.41) is 3.36. The number of ether oxygens (including phenoxy) is 1. The maximum atomic E-state index is 14.1. The van der Waals surface area contributed by atoms with Crippen molar-refractivity contribution in [2.45, 2.75) is 57.5 Å². The van der Waals surface area contributed by atoms with Gasteiger partial charge in [-0.25, -0.2) is 8.42 Å². The van der Waals surface area contributed by atoms with Crippen molar-refractivity contribution in [3.63, 3.8) is 0 Å². The Bertz CT molecular complexity index is 1410. The van der Waals surface area contributed by atoms with Gasteiger partial charge in [0.05, 0.1) is 17.7 Å². The first-order valence-electron chi connectivity index (χ1n) is 13.7. The lowest BCUT2D eigenvalue weighted by atomic mass is 10.1. The largest absolute Gasteiger partial charge is 0.497 e. The lowest BCUT2D eigenvalue weighted by molar-refractivity contribution is -0.140. The van der Waals surface area contributed by atoms with Gasteiger partial charge in [-0.05, 0) is 73.9 Å². The highest BCUT2D eigenvalue weighted by molar-refractivity contribution is 7.92. The van der Waals surface area contributed by atoms with E-state index in [9.17, 15) is 18.0 Å². The molecule has 1 N–H and O–H groups in total. The summed E-state index contributed by atoms with van der Waals surface area (Å²) in [6, 6.07) is 19.1. The summed E-state index contributed by atoms with van der Waals surface area (Å²) in [5.41, 5.74) is 1.93. The number of methoxy groups -OCH3 is 1. The zero-order chi connectivity index (χ0) is 30.0. The summed E-state index contributed by atoms with van der Waals surface area (Å²) in [4.78, 5) is 28.9. The number of hydrogen-bond donors (Lipinski definition) is 1. The number of halogens is 1. The number of nitrogens with one attached hydrogen (secondary N) is 1. The molecule has 0 aliphatic carbocycles. The van der Waals surface area contributed by atoms with Gasteiger partial charge in [-0.15, -0.1) is 0 Å². The fraction of sp³-hybridized carbons (Fsp3) is 0.355. The Morgan fingerprint density at radius 2 is 1.68 bits per heavy atom. The number of carbonyl (C=O) groups is 2. The zero-order valence-electron chi connectivity index (χ0n) is 24.0. The molecule has 2 amide bonds. The van der Waals surface area contributed by atoms with E-state index in [-0.39, 0.29) is 23.0 Å². The zero-order valence-corrected chi connectivity index (χ0v) is 25.5. The van der Waals surface area contributed by atoms with Gasteiger partial charge in [0.2, 0.25) is 11.8 Å². The average molecular weight is 600 g/mol. The number of unbranched alkanes of at least 4 members (excludes halogenated alkanes) is 1. The molecule has 0 fully saturated rings. The van der Waals surface area contributed by atoms with Crippen LogP contribution in [0.15, 0.2) is 77.7 Å². The van der Waals surface area contributed by atoms with Crippen molar-refractivity contribution in [1.82, 2.24) is 10.2 Å². The highest BCUT2D eigenvalue weighted by Crippen LogP contribution is 2.27. The molecule has 0 heterocycles. The first-order chi connectivity index (χ1) is 19.6. The molecular formula is C31H38ClN3O5S. The molecule has 220 valence electrons. The van der Waals surface area contributed by atoms with Gasteiger partial charge in [-0.1, -0.05) is 61.7 Å². The molecule has 1 atom stereocenters. The maximum absolute atomic E-state index is 14.1. The molecular weight excluding hydrogens is 562 g/mol. The number of carbonyl (C=O) groups excluding carboxylic acids is 2. The lowest BCUT2D eigenvalue weighted by Gasteiger charge is -2.33. The molecule has 0 unspecified atom stereocenters. The van der Waals surface area contributed by atoms with E-state index >= 15 is 0 Å². The van der Waals surface area contributed by atoms with E-state index in [0.717, 1.165) is 28.3 Å². The van der Waals surface area contributed by atoms with Gasteiger partial charge < -0.3 is 15.0 Å². The van der Waals surface area contributed by atoms with E-state index < -0.39 is 28.5 Å². The molecule has 0 aromatic heterocycles. The summed E-state index contributed by atoms with van der Waals surface area (Å²) in [7, 11) is -2.59. The Morgan fingerprint density at radius 1 is 1.00 bits per heavy atom. The fourth-order valence-electron chi connectivity index (χ4n) is 4.37. The lowest BCUT2D eigenvalue weighted by Crippen LogP contribution is -2.52. The Hall–Kier alpha value is -3.56. The fourth-order valence-corrected chi connectivity index (χ4v) is 5.91. The molecule has 0 aliphatic rings. The Balaban J connectivity index is 2.04. The second-order valence-electron chi connectivity index (χ2n) is 9.74. The van der Waals surface area contributed by atoms with Crippen LogP contribution in [0.1, 0.15) is 44.2 Å². The van der Waals surface area contributed by atoms with Crippen LogP contribution in [0.5, 0.6) is 5.75 Å². The van der Waals surface area contributed by atoms with Gasteiger partial charge in [-0.3, -0.25) is 13.9 Å². The van der Waals surface area contributed by atoms with Crippen molar-refractivity contribution in [2.75, 3.05) is 24.5 Å². The number of nitrogens with zero attached hydrogens (tertiary/aromatic N) is 2. The second kappa shape index (κ2) is 14.9. The van der Waals surface area contributed by atoms with Crippen LogP contribution < -0.4 is 14.4 Å². The van der Waals surface area contributed by atoms with Gasteiger partial charge in [0.25, 0.3) is 10.0 Å². The van der Waals surface area contributed by atoms with Crippen molar-refractivity contribution in [2.24, 2.45) is 0 Å². The highest BCUT2D eigenvalue weighted by Gasteiger charge is 2.33. The average Bonchev–Trinajstić information content (AvgIpc) is 2.96. The van der Waals surface area contributed by atoms with Gasteiger partial charge >= 0.3 is 0 Å². The van der Waals surface area contributed by atoms with Crippen LogP contribution in [0.4, 0.5) is 5.69 Å². The third-order valence-electron chi connectivity index (χ3n) is 6.71. The van der Waals surface area contributed by atoms with Gasteiger partial charge in [-0.2, -0.15) is 0 Å². The summed E-state index contributed by atoms with van der Waals surface area (Å²) in [5.74, 6) is -0.187. The van der Waals surface area contributed by atoms with Crippen LogP contribution in [-0.2, 0) is 26.2 Å². The van der Waals surface area contributed by atoms with Crippen LogP contribution in [0, 0.1) is 6.92 Å². The summed E-state index contributed by atoms with van der Waals surface area (Å²) in [6.45, 7) is 5.79. The van der Waals surface area contributed by atoms with E-state index in [4.69, 9.17) is 16.3 Å². The molecule has 0 saturated carbocycles. The quantitative estimate of drug-likeness (QED) is 0.244. The molecule has 3 aromatic carbocycles. The van der Waals surface area contributed by atoms with Crippen LogP contribution in [0.3, 0.4) is 0 Å². The molecule has 0 bridgehead atoms. The van der Waals surface area contributed by atoms with E-state index in [1.807, 2.05) is 26.8 Å². The number of aryl methyl sites for hydroxylation is 1. The van der Waals surface area contributed by atoms with Crippen molar-refractivity contribution in [3.8, 4) is 5.75 Å². The molecule has 10 heteroatoms. The predicted octanol–water partition coefficient (Wildman–Crippen LogP) is 5.58. The standard InChI is InChI=1S/C31H38ClN3O5S/c1-5-7-19-33-31(37)29(6-2)34(21-24-9-8-10-27(20-24)40-4)30(36)22-35(26-15-13-25(32)14-16-26)41(38,39)28-17-11-23(3)12-18-28/h8-18,20,29H,5-7,19,21-22H2,1-4H3,(H,33,37)/t29-/m0/s1. The second-order valence-corrected chi connectivity index (χ2v) is 12.0. The number of hydrogen-bond acceptors (Lipinski definition) is 5. The third-order valence-corrected chi connectivity index (χ3v) is 8.75. The topological polar surface area (TPSA) is 96.0 Å². The number of sulfonamides is 1. The van der Waals surface area contributed by atoms with Crippen molar-refractivity contribution >= 4 is 39.1 Å². The monoisotopic (exact) mass is 599 g/mol. The Kier molecular flexibility index (Phi) is 11.6. The van der Waals surface area contributed by atoms with E-state index in [1.165, 1.54) is 17.0 Å². The number of anilines is 1. The van der Waals surface area contributed by atoms with Gasteiger partial charge in [0, 0.05) is 18.1 Å². The SMILES string of the molecule is CCCCNC(=O)[C@H](CC)N(Cc1cccc(OC)c1)C(=O)CN(c1ccc(Cl)cc1)S(=O)(=O)c1ccc(C)cc1. The molecule has 0 spiro atoms. The minimum absolute atomic E-state index is 0.0505.